The SMILES string of the molecule is O=C(O)C1CCCC1c1nn2c(C3CC3)nnc2s1. The van der Waals surface area contributed by atoms with Gasteiger partial charge in [-0.05, 0) is 25.7 Å². The maximum Gasteiger partial charge on any atom is 0.307 e. The maximum absolute atomic E-state index is 11.3. The zero-order valence-electron chi connectivity index (χ0n) is 10.3. The highest BCUT2D eigenvalue weighted by Gasteiger charge is 2.37. The van der Waals surface area contributed by atoms with Crippen molar-refractivity contribution in [2.45, 2.75) is 43.9 Å². The fraction of sp³-hybridized carbons (Fsp3) is 0.667. The van der Waals surface area contributed by atoms with Crippen molar-refractivity contribution in [3.05, 3.63) is 10.8 Å². The molecule has 100 valence electrons. The first kappa shape index (κ1) is 11.3. The van der Waals surface area contributed by atoms with E-state index in [2.05, 4.69) is 15.3 Å². The van der Waals surface area contributed by atoms with Gasteiger partial charge in [0.1, 0.15) is 5.01 Å². The minimum Gasteiger partial charge on any atom is -0.481 e. The van der Waals surface area contributed by atoms with Crippen LogP contribution in [0, 0.1) is 5.92 Å². The first-order valence-electron chi connectivity index (χ1n) is 6.69. The van der Waals surface area contributed by atoms with Crippen LogP contribution in [0.1, 0.15) is 54.8 Å². The van der Waals surface area contributed by atoms with Gasteiger partial charge in [0.25, 0.3) is 0 Å². The summed E-state index contributed by atoms with van der Waals surface area (Å²) >= 11 is 1.50. The van der Waals surface area contributed by atoms with Crippen molar-refractivity contribution < 1.29 is 9.90 Å². The fourth-order valence-corrected chi connectivity index (χ4v) is 3.99. The summed E-state index contributed by atoms with van der Waals surface area (Å²) < 4.78 is 1.83. The highest BCUT2D eigenvalue weighted by atomic mass is 32.1. The van der Waals surface area contributed by atoms with Gasteiger partial charge in [0.2, 0.25) is 4.96 Å². The molecule has 2 saturated carbocycles. The number of hydrogen-bond acceptors (Lipinski definition) is 5. The molecule has 1 N–H and O–H groups in total. The van der Waals surface area contributed by atoms with E-state index in [-0.39, 0.29) is 11.8 Å². The Morgan fingerprint density at radius 1 is 1.26 bits per heavy atom. The Morgan fingerprint density at radius 3 is 2.84 bits per heavy atom. The Morgan fingerprint density at radius 2 is 2.11 bits per heavy atom. The summed E-state index contributed by atoms with van der Waals surface area (Å²) in [5.74, 6) is 0.520. The van der Waals surface area contributed by atoms with Crippen LogP contribution in [0.15, 0.2) is 0 Å². The van der Waals surface area contributed by atoms with E-state index in [4.69, 9.17) is 0 Å². The Labute approximate surface area is 113 Å². The minimum atomic E-state index is -0.698. The predicted molar refractivity (Wildman–Crippen MR) is 68.4 cm³/mol. The molecule has 2 atom stereocenters. The van der Waals surface area contributed by atoms with Crippen molar-refractivity contribution in [1.82, 2.24) is 19.8 Å². The third-order valence-corrected chi connectivity index (χ3v) is 5.15. The van der Waals surface area contributed by atoms with Gasteiger partial charge in [0.05, 0.1) is 5.92 Å². The van der Waals surface area contributed by atoms with Crippen molar-refractivity contribution in [3.8, 4) is 0 Å². The number of carbonyl (C=O) groups is 1. The first-order valence-corrected chi connectivity index (χ1v) is 7.50. The number of fused-ring (bicyclic) bond motifs is 1. The number of carboxylic acids is 1. The molecule has 19 heavy (non-hydrogen) atoms. The number of nitrogens with zero attached hydrogens (tertiary/aromatic N) is 4. The molecule has 2 aliphatic rings. The van der Waals surface area contributed by atoms with E-state index in [0.717, 1.165) is 47.9 Å². The number of rotatable bonds is 3. The number of carboxylic acid groups (broad SMARTS) is 1. The molecule has 2 aromatic rings. The van der Waals surface area contributed by atoms with E-state index in [9.17, 15) is 9.90 Å². The van der Waals surface area contributed by atoms with Gasteiger partial charge in [0.15, 0.2) is 5.82 Å². The van der Waals surface area contributed by atoms with Gasteiger partial charge >= 0.3 is 5.97 Å². The molecule has 2 aromatic heterocycles. The minimum absolute atomic E-state index is 0.0521. The van der Waals surface area contributed by atoms with E-state index in [1.807, 2.05) is 4.52 Å². The quantitative estimate of drug-likeness (QED) is 0.929. The first-order chi connectivity index (χ1) is 9.24. The molecule has 2 aliphatic carbocycles. The molecule has 2 heterocycles. The van der Waals surface area contributed by atoms with E-state index in [1.165, 1.54) is 11.3 Å². The zero-order chi connectivity index (χ0) is 13.0. The second-order valence-electron chi connectivity index (χ2n) is 5.45. The van der Waals surface area contributed by atoms with Crippen LogP contribution in [0.4, 0.5) is 0 Å². The summed E-state index contributed by atoms with van der Waals surface area (Å²) in [6.45, 7) is 0. The lowest BCUT2D eigenvalue weighted by Crippen LogP contribution is -2.16. The molecule has 0 saturated heterocycles. The third kappa shape index (κ3) is 1.75. The Hall–Kier alpha value is -1.50. The summed E-state index contributed by atoms with van der Waals surface area (Å²) in [5.41, 5.74) is 0. The Balaban J connectivity index is 1.72. The molecule has 0 radical (unpaired) electrons. The Kier molecular flexibility index (Phi) is 2.38. The molecule has 4 rings (SSSR count). The molecule has 0 amide bonds. The van der Waals surface area contributed by atoms with Crippen LogP contribution in [0.2, 0.25) is 0 Å². The summed E-state index contributed by atoms with van der Waals surface area (Å²) in [7, 11) is 0. The average molecular weight is 278 g/mol. The lowest BCUT2D eigenvalue weighted by molar-refractivity contribution is -0.142. The largest absolute Gasteiger partial charge is 0.481 e. The molecule has 0 aromatic carbocycles. The number of aromatic nitrogens is 4. The number of aliphatic carboxylic acids is 1. The Bertz CT molecular complexity index is 645. The average Bonchev–Trinajstić information content (AvgIpc) is 2.84. The van der Waals surface area contributed by atoms with Crippen LogP contribution in [0.5, 0.6) is 0 Å². The van der Waals surface area contributed by atoms with Gasteiger partial charge in [-0.25, -0.2) is 0 Å². The van der Waals surface area contributed by atoms with Crippen molar-refractivity contribution >= 4 is 22.3 Å². The summed E-state index contributed by atoms with van der Waals surface area (Å²) in [6.07, 6.45) is 4.97. The molecular weight excluding hydrogens is 264 g/mol. The topological polar surface area (TPSA) is 80.4 Å². The second kappa shape index (κ2) is 4.00. The predicted octanol–water partition coefficient (Wildman–Crippen LogP) is 2.03. The monoisotopic (exact) mass is 278 g/mol. The van der Waals surface area contributed by atoms with Gasteiger partial charge < -0.3 is 5.11 Å². The molecule has 0 spiro atoms. The molecule has 0 bridgehead atoms. The third-order valence-electron chi connectivity index (χ3n) is 4.12. The van der Waals surface area contributed by atoms with Gasteiger partial charge in [-0.3, -0.25) is 4.79 Å². The van der Waals surface area contributed by atoms with E-state index in [0.29, 0.717) is 5.92 Å². The lowest BCUT2D eigenvalue weighted by atomic mass is 9.97. The van der Waals surface area contributed by atoms with Crippen LogP contribution in [-0.4, -0.2) is 30.9 Å². The van der Waals surface area contributed by atoms with Crippen LogP contribution in [-0.2, 0) is 4.79 Å². The molecule has 7 heteroatoms. The molecular formula is C12H14N4O2S. The van der Waals surface area contributed by atoms with Crippen LogP contribution in [0.25, 0.3) is 4.96 Å². The van der Waals surface area contributed by atoms with Gasteiger partial charge in [0, 0.05) is 11.8 Å². The van der Waals surface area contributed by atoms with Crippen molar-refractivity contribution in [3.63, 3.8) is 0 Å². The molecule has 2 fully saturated rings. The standard InChI is InChI=1S/C12H14N4O2S/c17-11(18)8-3-1-2-7(8)10-15-16-9(6-4-5-6)13-14-12(16)19-10/h6-8H,1-5H2,(H,17,18). The summed E-state index contributed by atoms with van der Waals surface area (Å²) in [4.78, 5) is 12.1. The molecule has 2 unspecified atom stereocenters. The highest BCUT2D eigenvalue weighted by Crippen LogP contribution is 2.43. The fourth-order valence-electron chi connectivity index (χ4n) is 2.94. The summed E-state index contributed by atoms with van der Waals surface area (Å²) in [5, 5.41) is 23.1. The summed E-state index contributed by atoms with van der Waals surface area (Å²) in [6, 6.07) is 0. The highest BCUT2D eigenvalue weighted by molar-refractivity contribution is 7.16. The van der Waals surface area contributed by atoms with Crippen molar-refractivity contribution in [2.24, 2.45) is 5.92 Å². The normalized spacial score (nSPS) is 27.2. The van der Waals surface area contributed by atoms with Gasteiger partial charge in [-0.15, -0.1) is 10.2 Å². The van der Waals surface area contributed by atoms with Crippen molar-refractivity contribution in [2.75, 3.05) is 0 Å². The van der Waals surface area contributed by atoms with E-state index in [1.54, 1.807) is 0 Å². The lowest BCUT2D eigenvalue weighted by Gasteiger charge is -2.11. The van der Waals surface area contributed by atoms with Crippen molar-refractivity contribution in [1.29, 1.82) is 0 Å². The van der Waals surface area contributed by atoms with E-state index >= 15 is 0 Å². The van der Waals surface area contributed by atoms with Gasteiger partial charge in [-0.2, -0.15) is 9.61 Å². The second-order valence-corrected chi connectivity index (χ2v) is 6.44. The van der Waals surface area contributed by atoms with Crippen LogP contribution < -0.4 is 0 Å². The zero-order valence-corrected chi connectivity index (χ0v) is 11.1. The molecule has 6 nitrogen and oxygen atoms in total. The van der Waals surface area contributed by atoms with E-state index < -0.39 is 5.97 Å². The number of hydrogen-bond donors (Lipinski definition) is 1. The van der Waals surface area contributed by atoms with Crippen LogP contribution in [0.3, 0.4) is 0 Å². The van der Waals surface area contributed by atoms with Crippen LogP contribution >= 0.6 is 11.3 Å². The van der Waals surface area contributed by atoms with Gasteiger partial charge in [-0.1, -0.05) is 17.8 Å². The molecule has 0 aliphatic heterocycles. The smallest absolute Gasteiger partial charge is 0.307 e. The maximum atomic E-state index is 11.3.